The van der Waals surface area contributed by atoms with Crippen molar-refractivity contribution in [1.82, 2.24) is 5.32 Å². The van der Waals surface area contributed by atoms with Crippen LogP contribution in [0, 0.1) is 11.8 Å². The lowest BCUT2D eigenvalue weighted by Gasteiger charge is -2.31. The summed E-state index contributed by atoms with van der Waals surface area (Å²) in [6.45, 7) is 6.85. The first-order chi connectivity index (χ1) is 8.24. The minimum Gasteiger partial charge on any atom is -0.385 e. The summed E-state index contributed by atoms with van der Waals surface area (Å²) in [5.41, 5.74) is 0. The molecule has 0 heterocycles. The Labute approximate surface area is 108 Å². The molecular formula is C15H31NO. The van der Waals surface area contributed by atoms with Crippen LogP contribution in [0.3, 0.4) is 0 Å². The van der Waals surface area contributed by atoms with Crippen molar-refractivity contribution in [3.63, 3.8) is 0 Å². The van der Waals surface area contributed by atoms with Gasteiger partial charge in [-0.3, -0.25) is 0 Å². The van der Waals surface area contributed by atoms with Gasteiger partial charge in [0.1, 0.15) is 0 Å². The van der Waals surface area contributed by atoms with E-state index in [1.165, 1.54) is 51.5 Å². The molecule has 0 aromatic carbocycles. The zero-order chi connectivity index (χ0) is 12.5. The van der Waals surface area contributed by atoms with E-state index in [2.05, 4.69) is 19.2 Å². The maximum atomic E-state index is 5.05. The van der Waals surface area contributed by atoms with Crippen LogP contribution in [0.2, 0.25) is 0 Å². The van der Waals surface area contributed by atoms with E-state index < -0.39 is 0 Å². The van der Waals surface area contributed by atoms with Crippen molar-refractivity contribution in [2.75, 3.05) is 20.3 Å². The van der Waals surface area contributed by atoms with Crippen molar-refractivity contribution in [3.05, 3.63) is 0 Å². The summed E-state index contributed by atoms with van der Waals surface area (Å²) < 4.78 is 5.05. The van der Waals surface area contributed by atoms with Crippen LogP contribution in [0.15, 0.2) is 0 Å². The predicted octanol–water partition coefficient (Wildman–Crippen LogP) is 3.61. The molecule has 2 heteroatoms. The molecule has 1 N–H and O–H groups in total. The molecule has 0 atom stereocenters. The van der Waals surface area contributed by atoms with E-state index >= 15 is 0 Å². The molecule has 0 spiro atoms. The summed E-state index contributed by atoms with van der Waals surface area (Å²) in [7, 11) is 1.78. The molecule has 0 amide bonds. The highest BCUT2D eigenvalue weighted by Crippen LogP contribution is 2.29. The molecule has 1 saturated carbocycles. The normalized spacial score (nSPS) is 25.4. The van der Waals surface area contributed by atoms with E-state index in [9.17, 15) is 0 Å². The molecule has 0 unspecified atom stereocenters. The van der Waals surface area contributed by atoms with E-state index in [4.69, 9.17) is 4.74 Å². The van der Waals surface area contributed by atoms with Gasteiger partial charge in [-0.2, -0.15) is 0 Å². The number of ether oxygens (including phenoxy) is 1. The highest BCUT2D eigenvalue weighted by Gasteiger charge is 2.22. The fraction of sp³-hybridized carbons (Fsp3) is 1.00. The lowest BCUT2D eigenvalue weighted by Crippen LogP contribution is -2.34. The van der Waals surface area contributed by atoms with Crippen LogP contribution in [-0.2, 0) is 4.74 Å². The average Bonchev–Trinajstić information content (AvgIpc) is 2.34. The highest BCUT2D eigenvalue weighted by molar-refractivity contribution is 4.78. The van der Waals surface area contributed by atoms with Crippen molar-refractivity contribution >= 4 is 0 Å². The molecule has 0 saturated heterocycles. The molecule has 0 bridgehead atoms. The highest BCUT2D eigenvalue weighted by atomic mass is 16.5. The van der Waals surface area contributed by atoms with Gasteiger partial charge >= 0.3 is 0 Å². The third-order valence-electron chi connectivity index (χ3n) is 4.17. The van der Waals surface area contributed by atoms with Gasteiger partial charge in [-0.1, -0.05) is 13.8 Å². The topological polar surface area (TPSA) is 21.3 Å². The minimum absolute atomic E-state index is 0.799. The summed E-state index contributed by atoms with van der Waals surface area (Å²) in [6, 6.07) is 0.799. The van der Waals surface area contributed by atoms with Gasteiger partial charge in [-0.25, -0.2) is 0 Å². The van der Waals surface area contributed by atoms with Crippen LogP contribution in [0.5, 0.6) is 0 Å². The van der Waals surface area contributed by atoms with E-state index in [0.717, 1.165) is 24.5 Å². The Morgan fingerprint density at radius 2 is 1.76 bits per heavy atom. The molecule has 1 aliphatic carbocycles. The fourth-order valence-electron chi connectivity index (χ4n) is 2.84. The van der Waals surface area contributed by atoms with Crippen molar-refractivity contribution in [1.29, 1.82) is 0 Å². The zero-order valence-corrected chi connectivity index (χ0v) is 12.0. The fourth-order valence-corrected chi connectivity index (χ4v) is 2.84. The van der Waals surface area contributed by atoms with Gasteiger partial charge in [0.25, 0.3) is 0 Å². The number of hydrogen-bond donors (Lipinski definition) is 1. The Hall–Kier alpha value is -0.0800. The number of hydrogen-bond acceptors (Lipinski definition) is 2. The number of methoxy groups -OCH3 is 1. The average molecular weight is 241 g/mol. The summed E-state index contributed by atoms with van der Waals surface area (Å²) >= 11 is 0. The van der Waals surface area contributed by atoms with Crippen molar-refractivity contribution in [2.45, 2.75) is 64.8 Å². The molecule has 1 fully saturated rings. The molecule has 0 aliphatic heterocycles. The first kappa shape index (κ1) is 15.0. The summed E-state index contributed by atoms with van der Waals surface area (Å²) in [4.78, 5) is 0. The molecule has 102 valence electrons. The van der Waals surface area contributed by atoms with Gasteiger partial charge < -0.3 is 10.1 Å². The van der Waals surface area contributed by atoms with Gasteiger partial charge in [0.15, 0.2) is 0 Å². The van der Waals surface area contributed by atoms with Crippen LogP contribution in [0.25, 0.3) is 0 Å². The second kappa shape index (κ2) is 8.93. The molecule has 2 nitrogen and oxygen atoms in total. The zero-order valence-electron chi connectivity index (χ0n) is 12.0. The standard InChI is InChI=1S/C15H31NO/c1-13(2)14-7-9-15(10-8-14)16-11-5-4-6-12-17-3/h13-16H,4-12H2,1-3H3. The van der Waals surface area contributed by atoms with Gasteiger partial charge in [0, 0.05) is 19.8 Å². The van der Waals surface area contributed by atoms with Gasteiger partial charge in [0.2, 0.25) is 0 Å². The molecule has 1 aliphatic rings. The monoisotopic (exact) mass is 241 g/mol. The maximum absolute atomic E-state index is 5.05. The van der Waals surface area contributed by atoms with E-state index in [0.29, 0.717) is 0 Å². The second-order valence-corrected chi connectivity index (χ2v) is 5.86. The van der Waals surface area contributed by atoms with Crippen LogP contribution in [-0.4, -0.2) is 26.3 Å². The predicted molar refractivity (Wildman–Crippen MR) is 74.3 cm³/mol. The SMILES string of the molecule is COCCCCCNC1CCC(C(C)C)CC1. The Morgan fingerprint density at radius 1 is 1.06 bits per heavy atom. The van der Waals surface area contributed by atoms with Gasteiger partial charge in [0.05, 0.1) is 0 Å². The lowest BCUT2D eigenvalue weighted by molar-refractivity contribution is 0.191. The Kier molecular flexibility index (Phi) is 7.87. The number of unbranched alkanes of at least 4 members (excludes halogenated alkanes) is 2. The molecule has 0 aromatic rings. The van der Waals surface area contributed by atoms with Crippen molar-refractivity contribution in [3.8, 4) is 0 Å². The summed E-state index contributed by atoms with van der Waals surface area (Å²) in [5, 5.41) is 3.72. The molecule has 0 aromatic heterocycles. The second-order valence-electron chi connectivity index (χ2n) is 5.86. The first-order valence-corrected chi connectivity index (χ1v) is 7.46. The first-order valence-electron chi connectivity index (χ1n) is 7.46. The number of rotatable bonds is 8. The largest absolute Gasteiger partial charge is 0.385 e. The minimum atomic E-state index is 0.799. The molecule has 0 radical (unpaired) electrons. The van der Waals surface area contributed by atoms with Gasteiger partial charge in [-0.05, 0) is 63.3 Å². The smallest absolute Gasteiger partial charge is 0.0462 e. The van der Waals surface area contributed by atoms with E-state index in [1.807, 2.05) is 0 Å². The van der Waals surface area contributed by atoms with Gasteiger partial charge in [-0.15, -0.1) is 0 Å². The van der Waals surface area contributed by atoms with Crippen LogP contribution >= 0.6 is 0 Å². The third kappa shape index (κ3) is 6.42. The lowest BCUT2D eigenvalue weighted by atomic mass is 9.80. The number of nitrogens with one attached hydrogen (secondary N) is 1. The van der Waals surface area contributed by atoms with Crippen LogP contribution in [0.4, 0.5) is 0 Å². The van der Waals surface area contributed by atoms with Crippen LogP contribution < -0.4 is 5.32 Å². The summed E-state index contributed by atoms with van der Waals surface area (Å²) in [5.74, 6) is 1.86. The van der Waals surface area contributed by atoms with Crippen molar-refractivity contribution in [2.24, 2.45) is 11.8 Å². The Morgan fingerprint density at radius 3 is 2.35 bits per heavy atom. The molecule has 1 rings (SSSR count). The molecular weight excluding hydrogens is 210 g/mol. The van der Waals surface area contributed by atoms with Crippen LogP contribution in [0.1, 0.15) is 58.8 Å². The third-order valence-corrected chi connectivity index (χ3v) is 4.17. The van der Waals surface area contributed by atoms with E-state index in [1.54, 1.807) is 7.11 Å². The molecule has 17 heavy (non-hydrogen) atoms. The Balaban J connectivity index is 1.95. The Bertz CT molecular complexity index is 174. The maximum Gasteiger partial charge on any atom is 0.0462 e. The summed E-state index contributed by atoms with van der Waals surface area (Å²) in [6.07, 6.45) is 9.44. The van der Waals surface area contributed by atoms with Crippen molar-refractivity contribution < 1.29 is 4.74 Å². The van der Waals surface area contributed by atoms with E-state index in [-0.39, 0.29) is 0 Å². The quantitative estimate of drug-likeness (QED) is 0.656.